The summed E-state index contributed by atoms with van der Waals surface area (Å²) < 4.78 is 25.4. The van der Waals surface area contributed by atoms with Crippen LogP contribution in [-0.4, -0.2) is 50.5 Å². The molecular weight excluding hydrogens is 472 g/mol. The van der Waals surface area contributed by atoms with Gasteiger partial charge < -0.3 is 23.5 Å². The van der Waals surface area contributed by atoms with E-state index in [0.717, 1.165) is 39.9 Å². The summed E-state index contributed by atoms with van der Waals surface area (Å²) in [4.78, 5) is 17.6. The lowest BCUT2D eigenvalue weighted by Crippen LogP contribution is -2.22. The molecule has 1 aromatic carbocycles. The second kappa shape index (κ2) is 11.0. The number of rotatable bonds is 12. The molecule has 0 N–H and O–H groups in total. The molecule has 7 nitrogen and oxygen atoms in total. The van der Waals surface area contributed by atoms with Crippen LogP contribution in [0.2, 0.25) is 25.7 Å². The Labute approximate surface area is 214 Å². The minimum Gasteiger partial charge on any atom is -0.497 e. The highest BCUT2D eigenvalue weighted by Crippen LogP contribution is 2.40. The second-order valence-corrected chi connectivity index (χ2v) is 16.3. The molecule has 8 heteroatoms. The molecule has 0 saturated heterocycles. The molecular formula is C28H38N2O5Si. The standard InChI is InChI=1S/C28H38N2O5Si/c1-7-34-28(31)25-19(2)30(18-33-14-15-36(4,5)6)27-23(12-13-29-26(25)27)22-11-10-21(32-3)16-24(22)35-17-20-8-9-20/h10-13,16,20H,7-9,14-15,17-18H2,1-6H3. The topological polar surface area (TPSA) is 71.8 Å². The number of benzene rings is 1. The molecule has 2 aromatic heterocycles. The van der Waals surface area contributed by atoms with Crippen molar-refractivity contribution in [1.82, 2.24) is 9.55 Å². The van der Waals surface area contributed by atoms with Crippen molar-refractivity contribution in [3.63, 3.8) is 0 Å². The summed E-state index contributed by atoms with van der Waals surface area (Å²) in [5.74, 6) is 1.74. The van der Waals surface area contributed by atoms with Gasteiger partial charge in [-0.1, -0.05) is 19.6 Å². The van der Waals surface area contributed by atoms with Gasteiger partial charge in [0.05, 0.1) is 25.8 Å². The maximum absolute atomic E-state index is 13.0. The van der Waals surface area contributed by atoms with E-state index < -0.39 is 8.07 Å². The first-order valence-corrected chi connectivity index (χ1v) is 16.5. The zero-order valence-corrected chi connectivity index (χ0v) is 23.3. The molecule has 1 aliphatic carbocycles. The Morgan fingerprint density at radius 2 is 1.94 bits per heavy atom. The monoisotopic (exact) mass is 510 g/mol. The van der Waals surface area contributed by atoms with Crippen LogP contribution < -0.4 is 9.47 Å². The molecule has 1 saturated carbocycles. The van der Waals surface area contributed by atoms with E-state index in [2.05, 4.69) is 24.6 Å². The third-order valence-electron chi connectivity index (χ3n) is 6.54. The number of fused-ring (bicyclic) bond motifs is 1. The fourth-order valence-electron chi connectivity index (χ4n) is 4.21. The van der Waals surface area contributed by atoms with E-state index in [1.54, 1.807) is 13.3 Å². The molecule has 0 aliphatic heterocycles. The number of carbonyl (C=O) groups is 1. The molecule has 4 rings (SSSR count). The van der Waals surface area contributed by atoms with Gasteiger partial charge in [-0.05, 0) is 56.9 Å². The van der Waals surface area contributed by atoms with Crippen LogP contribution in [-0.2, 0) is 16.2 Å². The Balaban J connectivity index is 1.82. The van der Waals surface area contributed by atoms with Crippen LogP contribution in [0, 0.1) is 12.8 Å². The van der Waals surface area contributed by atoms with Gasteiger partial charge in [-0.25, -0.2) is 4.79 Å². The zero-order chi connectivity index (χ0) is 25.9. The van der Waals surface area contributed by atoms with E-state index in [4.69, 9.17) is 18.9 Å². The normalized spacial score (nSPS) is 13.7. The summed E-state index contributed by atoms with van der Waals surface area (Å²) in [6.07, 6.45) is 4.15. The number of aromatic nitrogens is 2. The number of pyridine rings is 1. The van der Waals surface area contributed by atoms with E-state index in [9.17, 15) is 4.79 Å². The molecule has 36 heavy (non-hydrogen) atoms. The minimum atomic E-state index is -1.23. The van der Waals surface area contributed by atoms with Crippen LogP contribution in [0.4, 0.5) is 0 Å². The highest BCUT2D eigenvalue weighted by atomic mass is 28.3. The number of carbonyl (C=O) groups excluding carboxylic acids is 1. The summed E-state index contributed by atoms with van der Waals surface area (Å²) >= 11 is 0. The number of nitrogens with zero attached hydrogens (tertiary/aromatic N) is 2. The number of esters is 1. The smallest absolute Gasteiger partial charge is 0.342 e. The molecule has 0 unspecified atom stereocenters. The molecule has 1 fully saturated rings. The van der Waals surface area contributed by atoms with Gasteiger partial charge in [-0.15, -0.1) is 0 Å². The van der Waals surface area contributed by atoms with Crippen LogP contribution >= 0.6 is 0 Å². The van der Waals surface area contributed by atoms with Crippen LogP contribution in [0.5, 0.6) is 11.5 Å². The summed E-state index contributed by atoms with van der Waals surface area (Å²) in [5.41, 5.74) is 4.58. The Morgan fingerprint density at radius 1 is 1.17 bits per heavy atom. The summed E-state index contributed by atoms with van der Waals surface area (Å²) in [5, 5.41) is 0. The zero-order valence-electron chi connectivity index (χ0n) is 22.3. The lowest BCUT2D eigenvalue weighted by molar-refractivity contribution is 0.0525. The van der Waals surface area contributed by atoms with Gasteiger partial charge in [0.15, 0.2) is 0 Å². The van der Waals surface area contributed by atoms with Crippen LogP contribution in [0.15, 0.2) is 30.5 Å². The Hall–Kier alpha value is -2.84. The number of methoxy groups -OCH3 is 1. The Bertz CT molecular complexity index is 1230. The van der Waals surface area contributed by atoms with E-state index in [1.807, 2.05) is 42.7 Å². The van der Waals surface area contributed by atoms with Crippen molar-refractivity contribution in [1.29, 1.82) is 0 Å². The number of hydrogen-bond acceptors (Lipinski definition) is 6. The summed E-state index contributed by atoms with van der Waals surface area (Å²) in [6.45, 7) is 12.7. The maximum Gasteiger partial charge on any atom is 0.342 e. The van der Waals surface area contributed by atoms with Crippen molar-refractivity contribution >= 4 is 25.1 Å². The average Bonchev–Trinajstić information content (AvgIpc) is 3.62. The fourth-order valence-corrected chi connectivity index (χ4v) is 4.97. The van der Waals surface area contributed by atoms with Crippen LogP contribution in [0.3, 0.4) is 0 Å². The third kappa shape index (κ3) is 5.92. The van der Waals surface area contributed by atoms with Crippen molar-refractivity contribution in [2.45, 2.75) is 59.1 Å². The molecule has 0 amide bonds. The molecule has 0 bridgehead atoms. The molecule has 0 atom stereocenters. The minimum absolute atomic E-state index is 0.301. The van der Waals surface area contributed by atoms with Crippen molar-refractivity contribution < 1.29 is 23.7 Å². The molecule has 3 aromatic rings. The van der Waals surface area contributed by atoms with E-state index >= 15 is 0 Å². The molecule has 1 aliphatic rings. The second-order valence-electron chi connectivity index (χ2n) is 10.6. The maximum atomic E-state index is 13.0. The van der Waals surface area contributed by atoms with Crippen LogP contribution in [0.1, 0.15) is 35.8 Å². The lowest BCUT2D eigenvalue weighted by Gasteiger charge is -2.18. The highest BCUT2D eigenvalue weighted by Gasteiger charge is 2.27. The number of hydrogen-bond donors (Lipinski definition) is 0. The van der Waals surface area contributed by atoms with Gasteiger partial charge in [0, 0.05) is 43.8 Å². The number of ether oxygens (including phenoxy) is 4. The van der Waals surface area contributed by atoms with Crippen molar-refractivity contribution in [3.05, 3.63) is 41.7 Å². The first-order valence-electron chi connectivity index (χ1n) is 12.8. The van der Waals surface area contributed by atoms with Gasteiger partial charge in [-0.3, -0.25) is 4.98 Å². The Kier molecular flexibility index (Phi) is 8.05. The molecule has 194 valence electrons. The third-order valence-corrected chi connectivity index (χ3v) is 8.25. The van der Waals surface area contributed by atoms with E-state index in [1.165, 1.54) is 12.8 Å². The predicted octanol–water partition coefficient (Wildman–Crippen LogP) is 6.30. The SMILES string of the molecule is CCOC(=O)c1c(C)n(COCC[Si](C)(C)C)c2c(-c3ccc(OC)cc3OCC3CC3)ccnc12. The van der Waals surface area contributed by atoms with Gasteiger partial charge in [-0.2, -0.15) is 0 Å². The largest absolute Gasteiger partial charge is 0.497 e. The van der Waals surface area contributed by atoms with Crippen LogP contribution in [0.25, 0.3) is 22.2 Å². The first kappa shape index (κ1) is 26.2. The van der Waals surface area contributed by atoms with Gasteiger partial charge in [0.1, 0.15) is 29.3 Å². The van der Waals surface area contributed by atoms with Gasteiger partial charge >= 0.3 is 5.97 Å². The average molecular weight is 511 g/mol. The quantitative estimate of drug-likeness (QED) is 0.162. The van der Waals surface area contributed by atoms with Gasteiger partial charge in [0.2, 0.25) is 0 Å². The van der Waals surface area contributed by atoms with E-state index in [0.29, 0.717) is 43.5 Å². The fraction of sp³-hybridized carbons (Fsp3) is 0.500. The van der Waals surface area contributed by atoms with E-state index in [-0.39, 0.29) is 5.97 Å². The summed E-state index contributed by atoms with van der Waals surface area (Å²) in [6, 6.07) is 8.92. The van der Waals surface area contributed by atoms with Crippen molar-refractivity contribution in [2.75, 3.05) is 26.9 Å². The lowest BCUT2D eigenvalue weighted by atomic mass is 10.0. The highest BCUT2D eigenvalue weighted by molar-refractivity contribution is 6.76. The first-order chi connectivity index (χ1) is 17.2. The molecule has 0 radical (unpaired) electrons. The molecule has 2 heterocycles. The van der Waals surface area contributed by atoms with Crippen molar-refractivity contribution in [3.8, 4) is 22.6 Å². The van der Waals surface area contributed by atoms with Gasteiger partial charge in [0.25, 0.3) is 0 Å². The molecule has 0 spiro atoms. The Morgan fingerprint density at radius 3 is 2.61 bits per heavy atom. The van der Waals surface area contributed by atoms with Crippen molar-refractivity contribution in [2.24, 2.45) is 5.92 Å². The summed E-state index contributed by atoms with van der Waals surface area (Å²) in [7, 11) is 0.426. The predicted molar refractivity (Wildman–Crippen MR) is 145 cm³/mol.